The summed E-state index contributed by atoms with van der Waals surface area (Å²) in [6.07, 6.45) is -0.216. The van der Waals surface area contributed by atoms with Crippen LogP contribution in [0.4, 0.5) is 0 Å². The number of methoxy groups -OCH3 is 1. The summed E-state index contributed by atoms with van der Waals surface area (Å²) in [5.74, 6) is 0.487. The van der Waals surface area contributed by atoms with Crippen LogP contribution in [0.25, 0.3) is 0 Å². The second kappa shape index (κ2) is 8.19. The number of amides is 1. The Hall–Kier alpha value is -2.76. The lowest BCUT2D eigenvalue weighted by Crippen LogP contribution is -2.36. The maximum absolute atomic E-state index is 12.0. The predicted molar refractivity (Wildman–Crippen MR) is 88.0 cm³/mol. The third kappa shape index (κ3) is 4.87. The van der Waals surface area contributed by atoms with Crippen molar-refractivity contribution in [2.75, 3.05) is 13.7 Å². The summed E-state index contributed by atoms with van der Waals surface area (Å²) in [7, 11) is 1.61. The smallest absolute Gasteiger partial charge is 0.375 e. The second-order valence-electron chi connectivity index (χ2n) is 5.35. The highest BCUT2D eigenvalue weighted by Gasteiger charge is 2.20. The molecule has 0 radical (unpaired) electrons. The summed E-state index contributed by atoms with van der Waals surface area (Å²) in [5, 5.41) is 2.74. The number of hydrogen-bond donors (Lipinski definition) is 1. The number of hydrogen-bond acceptors (Lipinski definition) is 5. The standard InChI is InChI=1S/C18H21NO5/c1-12-4-9-16(23-12)18(21)24-13(2)17(20)19-11-10-14-5-7-15(22-3)8-6-14/h4-9,13H,10-11H2,1-3H3,(H,19,20). The normalized spacial score (nSPS) is 11.6. The molecule has 1 N–H and O–H groups in total. The molecule has 2 rings (SSSR count). The minimum atomic E-state index is -0.890. The minimum Gasteiger partial charge on any atom is -0.497 e. The average molecular weight is 331 g/mol. The van der Waals surface area contributed by atoms with E-state index in [1.165, 1.54) is 13.0 Å². The molecule has 1 amide bonds. The molecule has 0 bridgehead atoms. The second-order valence-corrected chi connectivity index (χ2v) is 5.35. The third-order valence-corrected chi connectivity index (χ3v) is 3.47. The molecular formula is C18H21NO5. The Kier molecular flexibility index (Phi) is 6.01. The van der Waals surface area contributed by atoms with Crippen molar-refractivity contribution in [1.29, 1.82) is 0 Å². The fourth-order valence-electron chi connectivity index (χ4n) is 2.08. The average Bonchev–Trinajstić information content (AvgIpc) is 3.02. The first-order chi connectivity index (χ1) is 11.5. The highest BCUT2D eigenvalue weighted by Crippen LogP contribution is 2.11. The Morgan fingerprint density at radius 3 is 2.46 bits per heavy atom. The predicted octanol–water partition coefficient (Wildman–Crippen LogP) is 2.50. The van der Waals surface area contributed by atoms with E-state index in [0.717, 1.165) is 11.3 Å². The van der Waals surface area contributed by atoms with E-state index >= 15 is 0 Å². The van der Waals surface area contributed by atoms with Crippen LogP contribution in [0, 0.1) is 6.92 Å². The molecule has 1 heterocycles. The molecule has 0 fully saturated rings. The van der Waals surface area contributed by atoms with Gasteiger partial charge >= 0.3 is 5.97 Å². The van der Waals surface area contributed by atoms with Crippen LogP contribution in [0.2, 0.25) is 0 Å². The van der Waals surface area contributed by atoms with Gasteiger partial charge in [0.05, 0.1) is 7.11 Å². The molecule has 0 aliphatic rings. The highest BCUT2D eigenvalue weighted by molar-refractivity contribution is 5.90. The number of esters is 1. The fraction of sp³-hybridized carbons (Fsp3) is 0.333. The van der Waals surface area contributed by atoms with Gasteiger partial charge in [-0.2, -0.15) is 0 Å². The molecule has 1 unspecified atom stereocenters. The van der Waals surface area contributed by atoms with Gasteiger partial charge in [0.1, 0.15) is 11.5 Å². The lowest BCUT2D eigenvalue weighted by atomic mass is 10.1. The number of ether oxygens (including phenoxy) is 2. The van der Waals surface area contributed by atoms with E-state index in [1.807, 2.05) is 24.3 Å². The number of carbonyl (C=O) groups excluding carboxylic acids is 2. The lowest BCUT2D eigenvalue weighted by molar-refractivity contribution is -0.129. The van der Waals surface area contributed by atoms with Crippen molar-refractivity contribution >= 4 is 11.9 Å². The fourth-order valence-corrected chi connectivity index (χ4v) is 2.08. The van der Waals surface area contributed by atoms with E-state index in [1.54, 1.807) is 20.1 Å². The zero-order valence-electron chi connectivity index (χ0n) is 14.0. The molecule has 1 aromatic carbocycles. The first-order valence-electron chi connectivity index (χ1n) is 7.67. The summed E-state index contributed by atoms with van der Waals surface area (Å²) in [4.78, 5) is 23.8. The van der Waals surface area contributed by atoms with E-state index in [2.05, 4.69) is 5.32 Å². The van der Waals surface area contributed by atoms with Gasteiger partial charge in [0, 0.05) is 6.54 Å². The summed E-state index contributed by atoms with van der Waals surface area (Å²) in [5.41, 5.74) is 1.08. The molecule has 128 valence electrons. The number of rotatable bonds is 7. The van der Waals surface area contributed by atoms with Gasteiger partial charge in [-0.3, -0.25) is 4.79 Å². The largest absolute Gasteiger partial charge is 0.497 e. The molecule has 24 heavy (non-hydrogen) atoms. The number of aryl methyl sites for hydroxylation is 1. The van der Waals surface area contributed by atoms with E-state index in [-0.39, 0.29) is 11.7 Å². The maximum atomic E-state index is 12.0. The summed E-state index contributed by atoms with van der Waals surface area (Å²) >= 11 is 0. The molecule has 0 aliphatic carbocycles. The number of nitrogens with one attached hydrogen (secondary N) is 1. The highest BCUT2D eigenvalue weighted by atomic mass is 16.6. The van der Waals surface area contributed by atoms with E-state index in [0.29, 0.717) is 18.7 Å². The molecule has 6 nitrogen and oxygen atoms in total. The van der Waals surface area contributed by atoms with Gasteiger partial charge in [-0.05, 0) is 50.1 Å². The van der Waals surface area contributed by atoms with Gasteiger partial charge in [-0.25, -0.2) is 4.79 Å². The molecule has 0 saturated carbocycles. The first-order valence-corrected chi connectivity index (χ1v) is 7.67. The van der Waals surface area contributed by atoms with E-state index in [9.17, 15) is 9.59 Å². The van der Waals surface area contributed by atoms with Crippen LogP contribution in [0.3, 0.4) is 0 Å². The van der Waals surface area contributed by atoms with Gasteiger partial charge in [0.25, 0.3) is 5.91 Å². The van der Waals surface area contributed by atoms with Crippen LogP contribution in [-0.2, 0) is 16.0 Å². The number of benzene rings is 1. The quantitative estimate of drug-likeness (QED) is 0.789. The molecule has 0 aliphatic heterocycles. The van der Waals surface area contributed by atoms with Crippen LogP contribution in [0.1, 0.15) is 28.8 Å². The van der Waals surface area contributed by atoms with Gasteiger partial charge in [0.2, 0.25) is 5.76 Å². The molecule has 1 atom stereocenters. The molecule has 6 heteroatoms. The Bertz CT molecular complexity index is 690. The van der Waals surface area contributed by atoms with E-state index < -0.39 is 12.1 Å². The van der Waals surface area contributed by atoms with Crippen LogP contribution in [0.5, 0.6) is 5.75 Å². The van der Waals surface area contributed by atoms with Crippen LogP contribution >= 0.6 is 0 Å². The molecule has 2 aromatic rings. The van der Waals surface area contributed by atoms with Gasteiger partial charge in [-0.1, -0.05) is 12.1 Å². The minimum absolute atomic E-state index is 0.0883. The van der Waals surface area contributed by atoms with Crippen molar-refractivity contribution in [2.24, 2.45) is 0 Å². The van der Waals surface area contributed by atoms with Gasteiger partial charge in [-0.15, -0.1) is 0 Å². The zero-order chi connectivity index (χ0) is 17.5. The summed E-state index contributed by atoms with van der Waals surface area (Å²) in [6.45, 7) is 3.70. The van der Waals surface area contributed by atoms with Crippen molar-refractivity contribution < 1.29 is 23.5 Å². The van der Waals surface area contributed by atoms with Crippen molar-refractivity contribution in [1.82, 2.24) is 5.32 Å². The first kappa shape index (κ1) is 17.6. The molecule has 0 spiro atoms. The van der Waals surface area contributed by atoms with Crippen molar-refractivity contribution in [3.8, 4) is 5.75 Å². The van der Waals surface area contributed by atoms with Gasteiger partial charge < -0.3 is 19.2 Å². The monoisotopic (exact) mass is 331 g/mol. The number of carbonyl (C=O) groups is 2. The Labute approximate surface area is 140 Å². The van der Waals surface area contributed by atoms with Crippen molar-refractivity contribution in [3.63, 3.8) is 0 Å². The lowest BCUT2D eigenvalue weighted by Gasteiger charge is -2.12. The SMILES string of the molecule is COc1ccc(CCNC(=O)C(C)OC(=O)c2ccc(C)o2)cc1. The summed E-state index contributed by atoms with van der Waals surface area (Å²) < 4.78 is 15.3. The summed E-state index contributed by atoms with van der Waals surface area (Å²) in [6, 6.07) is 10.8. The topological polar surface area (TPSA) is 77.8 Å². The molecule has 1 aromatic heterocycles. The molecule has 0 saturated heterocycles. The van der Waals surface area contributed by atoms with Crippen molar-refractivity contribution in [2.45, 2.75) is 26.4 Å². The van der Waals surface area contributed by atoms with Crippen LogP contribution in [0.15, 0.2) is 40.8 Å². The van der Waals surface area contributed by atoms with Gasteiger partial charge in [0.15, 0.2) is 6.10 Å². The van der Waals surface area contributed by atoms with Crippen LogP contribution < -0.4 is 10.1 Å². The maximum Gasteiger partial charge on any atom is 0.375 e. The Morgan fingerprint density at radius 2 is 1.88 bits per heavy atom. The Balaban J connectivity index is 1.75. The number of furan rings is 1. The molecular weight excluding hydrogens is 310 g/mol. The van der Waals surface area contributed by atoms with E-state index in [4.69, 9.17) is 13.9 Å². The zero-order valence-corrected chi connectivity index (χ0v) is 14.0. The van der Waals surface area contributed by atoms with Crippen molar-refractivity contribution in [3.05, 3.63) is 53.5 Å². The third-order valence-electron chi connectivity index (χ3n) is 3.47. The Morgan fingerprint density at radius 1 is 1.17 bits per heavy atom. The van der Waals surface area contributed by atoms with Crippen LogP contribution in [-0.4, -0.2) is 31.6 Å².